The van der Waals surface area contributed by atoms with Crippen LogP contribution in [0.5, 0.6) is 0 Å². The molecular weight excluding hydrogens is 267 g/mol. The molecule has 0 spiro atoms. The average Bonchev–Trinajstić information content (AvgIpc) is 2.86. The van der Waals surface area contributed by atoms with Gasteiger partial charge in [0.1, 0.15) is 17.2 Å². The predicted octanol–water partition coefficient (Wildman–Crippen LogP) is 3.67. The van der Waals surface area contributed by atoms with E-state index in [0.29, 0.717) is 18.8 Å². The minimum atomic E-state index is -0.234. The van der Waals surface area contributed by atoms with E-state index in [4.69, 9.17) is 10.2 Å². The summed E-state index contributed by atoms with van der Waals surface area (Å²) in [5.74, 6) is 0.515. The molecule has 0 aliphatic heterocycles. The summed E-state index contributed by atoms with van der Waals surface area (Å²) in [4.78, 5) is 1.87. The van der Waals surface area contributed by atoms with Crippen LogP contribution in [0, 0.1) is 5.82 Å². The molecule has 1 heterocycles. The van der Waals surface area contributed by atoms with Gasteiger partial charge in [-0.05, 0) is 18.2 Å². The highest BCUT2D eigenvalue weighted by Gasteiger charge is 2.16. The third-order valence-electron chi connectivity index (χ3n) is 3.63. The first kappa shape index (κ1) is 13.6. The molecule has 1 aromatic heterocycles. The fourth-order valence-corrected chi connectivity index (χ4v) is 2.57. The van der Waals surface area contributed by atoms with Crippen molar-refractivity contribution >= 4 is 16.7 Å². The molecule has 0 atom stereocenters. The lowest BCUT2D eigenvalue weighted by molar-refractivity contribution is 0.544. The maximum absolute atomic E-state index is 13.9. The number of hydrogen-bond donors (Lipinski definition) is 1. The minimum Gasteiger partial charge on any atom is -0.459 e. The number of halogens is 1. The summed E-state index contributed by atoms with van der Waals surface area (Å²) < 4.78 is 19.6. The Morgan fingerprint density at radius 3 is 2.57 bits per heavy atom. The number of anilines is 1. The van der Waals surface area contributed by atoms with Crippen LogP contribution in [0.25, 0.3) is 11.0 Å². The molecule has 2 N–H and O–H groups in total. The van der Waals surface area contributed by atoms with Gasteiger partial charge in [-0.1, -0.05) is 30.3 Å². The van der Waals surface area contributed by atoms with Gasteiger partial charge in [0.2, 0.25) is 0 Å². The summed E-state index contributed by atoms with van der Waals surface area (Å²) in [5, 5.41) is 1.03. The van der Waals surface area contributed by atoms with Crippen molar-refractivity contribution in [2.24, 2.45) is 5.73 Å². The van der Waals surface area contributed by atoms with Gasteiger partial charge in [-0.15, -0.1) is 0 Å². The lowest BCUT2D eigenvalue weighted by Gasteiger charge is -2.20. The quantitative estimate of drug-likeness (QED) is 0.795. The molecule has 0 saturated carbocycles. The van der Waals surface area contributed by atoms with Crippen molar-refractivity contribution in [3.05, 3.63) is 65.7 Å². The molecule has 0 aliphatic rings. The van der Waals surface area contributed by atoms with Crippen molar-refractivity contribution in [2.75, 3.05) is 11.9 Å². The molecule has 0 saturated heterocycles. The fourth-order valence-electron chi connectivity index (χ4n) is 2.57. The zero-order chi connectivity index (χ0) is 14.8. The maximum atomic E-state index is 13.9. The first-order chi connectivity index (χ1) is 10.2. The van der Waals surface area contributed by atoms with Crippen LogP contribution in [0.1, 0.15) is 11.3 Å². The Morgan fingerprint density at radius 2 is 1.81 bits per heavy atom. The largest absolute Gasteiger partial charge is 0.459 e. The smallest absolute Gasteiger partial charge is 0.146 e. The average molecular weight is 284 g/mol. The number of fused-ring (bicyclic) bond motifs is 1. The molecule has 0 radical (unpaired) electrons. The number of para-hydroxylation sites is 2. The van der Waals surface area contributed by atoms with Crippen molar-refractivity contribution < 1.29 is 8.81 Å². The van der Waals surface area contributed by atoms with Crippen LogP contribution in [0.15, 0.2) is 52.9 Å². The number of nitrogens with zero attached hydrogens (tertiary/aromatic N) is 1. The zero-order valence-corrected chi connectivity index (χ0v) is 11.8. The van der Waals surface area contributed by atoms with Crippen LogP contribution in [0.3, 0.4) is 0 Å². The molecule has 21 heavy (non-hydrogen) atoms. The van der Waals surface area contributed by atoms with E-state index in [9.17, 15) is 4.39 Å². The number of benzene rings is 2. The van der Waals surface area contributed by atoms with Gasteiger partial charge in [0.15, 0.2) is 0 Å². The Balaban J connectivity index is 1.99. The highest BCUT2D eigenvalue weighted by molar-refractivity contribution is 5.82. The van der Waals surface area contributed by atoms with Crippen molar-refractivity contribution in [3.8, 4) is 0 Å². The molecule has 0 bridgehead atoms. The lowest BCUT2D eigenvalue weighted by Crippen LogP contribution is -2.18. The predicted molar refractivity (Wildman–Crippen MR) is 82.6 cm³/mol. The van der Waals surface area contributed by atoms with Gasteiger partial charge in [-0.3, -0.25) is 0 Å². The molecule has 108 valence electrons. The number of rotatable bonds is 4. The molecule has 4 heteroatoms. The molecule has 3 rings (SSSR count). The van der Waals surface area contributed by atoms with E-state index in [2.05, 4.69) is 0 Å². The van der Waals surface area contributed by atoms with E-state index in [1.54, 1.807) is 12.1 Å². The van der Waals surface area contributed by atoms with Crippen molar-refractivity contribution in [3.63, 3.8) is 0 Å². The third kappa shape index (κ3) is 2.50. The molecule has 0 aliphatic carbocycles. The number of hydrogen-bond acceptors (Lipinski definition) is 3. The second-order valence-corrected chi connectivity index (χ2v) is 5.01. The van der Waals surface area contributed by atoms with E-state index < -0.39 is 0 Å². The van der Waals surface area contributed by atoms with Gasteiger partial charge < -0.3 is 15.1 Å². The van der Waals surface area contributed by atoms with Gasteiger partial charge in [0, 0.05) is 24.5 Å². The Hall–Kier alpha value is -2.33. The summed E-state index contributed by atoms with van der Waals surface area (Å²) in [6, 6.07) is 14.5. The van der Waals surface area contributed by atoms with E-state index in [1.807, 2.05) is 42.3 Å². The van der Waals surface area contributed by atoms with Crippen LogP contribution in [0.4, 0.5) is 10.1 Å². The minimum absolute atomic E-state index is 0.234. The Kier molecular flexibility index (Phi) is 3.62. The highest BCUT2D eigenvalue weighted by Crippen LogP contribution is 2.28. The molecule has 0 fully saturated rings. The van der Waals surface area contributed by atoms with Gasteiger partial charge in [0.25, 0.3) is 0 Å². The first-order valence-corrected chi connectivity index (χ1v) is 6.85. The topological polar surface area (TPSA) is 42.4 Å². The second kappa shape index (κ2) is 5.58. The van der Waals surface area contributed by atoms with Crippen molar-refractivity contribution in [2.45, 2.75) is 13.1 Å². The lowest BCUT2D eigenvalue weighted by atomic mass is 10.1. The summed E-state index contributed by atoms with van der Waals surface area (Å²) in [5.41, 5.74) is 8.16. The Morgan fingerprint density at radius 1 is 1.10 bits per heavy atom. The molecule has 0 unspecified atom stereocenters. The molecule has 2 aromatic carbocycles. The summed E-state index contributed by atoms with van der Waals surface area (Å²) in [6.07, 6.45) is 0. The highest BCUT2D eigenvalue weighted by atomic mass is 19.1. The van der Waals surface area contributed by atoms with Gasteiger partial charge in [0.05, 0.1) is 12.2 Å². The van der Waals surface area contributed by atoms with E-state index in [-0.39, 0.29) is 5.82 Å². The fraction of sp³-hybridized carbons (Fsp3) is 0.176. The normalized spacial score (nSPS) is 11.0. The third-order valence-corrected chi connectivity index (χ3v) is 3.63. The van der Waals surface area contributed by atoms with Crippen LogP contribution < -0.4 is 10.6 Å². The van der Waals surface area contributed by atoms with E-state index >= 15 is 0 Å². The van der Waals surface area contributed by atoms with Crippen LogP contribution >= 0.6 is 0 Å². The van der Waals surface area contributed by atoms with Crippen molar-refractivity contribution in [1.82, 2.24) is 0 Å². The number of nitrogens with two attached hydrogens (primary N) is 1. The molecular formula is C17H17FN2O. The molecule has 3 nitrogen and oxygen atoms in total. The summed E-state index contributed by atoms with van der Waals surface area (Å²) >= 11 is 0. The van der Waals surface area contributed by atoms with Crippen LogP contribution in [-0.2, 0) is 13.1 Å². The second-order valence-electron chi connectivity index (χ2n) is 5.01. The zero-order valence-electron chi connectivity index (χ0n) is 11.8. The van der Waals surface area contributed by atoms with Gasteiger partial charge >= 0.3 is 0 Å². The van der Waals surface area contributed by atoms with Crippen LogP contribution in [-0.4, -0.2) is 7.05 Å². The Labute approximate surface area is 122 Å². The van der Waals surface area contributed by atoms with Gasteiger partial charge in [-0.25, -0.2) is 4.39 Å². The monoisotopic (exact) mass is 284 g/mol. The molecule has 0 amide bonds. The summed E-state index contributed by atoms with van der Waals surface area (Å²) in [6.45, 7) is 0.875. The standard InChI is InChI=1S/C17H17FN2O/c1-20(15-8-4-3-7-14(15)18)11-13-12-6-2-5-9-16(12)21-17(13)10-19/h2-9H,10-11,19H2,1H3. The SMILES string of the molecule is CN(Cc1c(CN)oc2ccccc12)c1ccccc1F. The van der Waals surface area contributed by atoms with Crippen LogP contribution in [0.2, 0.25) is 0 Å². The maximum Gasteiger partial charge on any atom is 0.146 e. The summed E-state index contributed by atoms with van der Waals surface area (Å²) in [7, 11) is 1.86. The molecule has 3 aromatic rings. The van der Waals surface area contributed by atoms with E-state index in [1.165, 1.54) is 6.07 Å². The first-order valence-electron chi connectivity index (χ1n) is 6.85. The van der Waals surface area contributed by atoms with E-state index in [0.717, 1.165) is 22.3 Å². The number of furan rings is 1. The van der Waals surface area contributed by atoms with Gasteiger partial charge in [-0.2, -0.15) is 0 Å². The Bertz CT molecular complexity index is 766. The van der Waals surface area contributed by atoms with Crippen molar-refractivity contribution in [1.29, 1.82) is 0 Å².